The first-order valence-electron chi connectivity index (χ1n) is 11.7. The van der Waals surface area contributed by atoms with E-state index in [9.17, 15) is 9.90 Å². The fourth-order valence-electron chi connectivity index (χ4n) is 5.37. The lowest BCUT2D eigenvalue weighted by Gasteiger charge is -2.24. The normalized spacial score (nSPS) is 23.7. The van der Waals surface area contributed by atoms with Crippen molar-refractivity contribution in [2.45, 2.75) is 6.10 Å². The minimum absolute atomic E-state index is 0.0219. The molecule has 2 fully saturated rings. The molecule has 6 rings (SSSR count). The van der Waals surface area contributed by atoms with E-state index in [1.165, 1.54) is 0 Å². The quantitative estimate of drug-likeness (QED) is 0.518. The number of β-amino-alcohol motifs (C(OH)–C–C–N with tert-alkyl or cyclic N) is 1. The van der Waals surface area contributed by atoms with E-state index in [4.69, 9.17) is 25.8 Å². The van der Waals surface area contributed by atoms with Crippen LogP contribution in [0.15, 0.2) is 42.6 Å². The van der Waals surface area contributed by atoms with E-state index < -0.39 is 6.10 Å². The Balaban J connectivity index is 1.05. The van der Waals surface area contributed by atoms with Crippen LogP contribution in [0.2, 0.25) is 5.02 Å². The maximum absolute atomic E-state index is 11.6. The summed E-state index contributed by atoms with van der Waals surface area (Å²) >= 11 is 6.42. The van der Waals surface area contributed by atoms with Crippen LogP contribution in [0.25, 0.3) is 10.9 Å². The molecule has 3 heterocycles. The molecule has 3 atom stereocenters. The van der Waals surface area contributed by atoms with Gasteiger partial charge in [0.2, 0.25) is 0 Å². The van der Waals surface area contributed by atoms with Gasteiger partial charge in [0.15, 0.2) is 6.61 Å². The average Bonchev–Trinajstić information content (AvgIpc) is 3.32. The van der Waals surface area contributed by atoms with Gasteiger partial charge in [0.05, 0.1) is 31.0 Å². The molecule has 0 bridgehead atoms. The fraction of sp³-hybridized carbons (Fsp3) is 0.385. The van der Waals surface area contributed by atoms with Crippen LogP contribution in [0.4, 0.5) is 5.69 Å². The number of nitrogens with zero attached hydrogens (tertiary/aromatic N) is 2. The molecule has 1 saturated carbocycles. The highest BCUT2D eigenvalue weighted by Crippen LogP contribution is 2.52. The van der Waals surface area contributed by atoms with Crippen molar-refractivity contribution in [1.29, 1.82) is 0 Å². The molecule has 1 aromatic heterocycles. The van der Waals surface area contributed by atoms with E-state index in [2.05, 4.69) is 15.2 Å². The standard InChI is InChI=1S/C26H26ClN3O5/c1-33-15-3-4-21-16(7-15)26(20(27)8-28-21)35-12-19-17-9-30(10-18(17)19)11-23(31)14-2-5-24-22(6-14)29-25(32)13-34-24/h2-8,17-19,23,31H,9-13H2,1H3,(H,29,32)/t17-,18-,23?/m0/s1. The van der Waals surface area contributed by atoms with Crippen LogP contribution in [0.3, 0.4) is 0 Å². The number of aromatic nitrogens is 1. The maximum atomic E-state index is 11.6. The summed E-state index contributed by atoms with van der Waals surface area (Å²) in [6, 6.07) is 11.1. The number of fused-ring (bicyclic) bond motifs is 3. The van der Waals surface area contributed by atoms with Crippen molar-refractivity contribution in [3.8, 4) is 17.2 Å². The minimum atomic E-state index is -0.636. The smallest absolute Gasteiger partial charge is 0.262 e. The number of aliphatic hydroxyl groups excluding tert-OH is 1. The lowest BCUT2D eigenvalue weighted by Crippen LogP contribution is -2.30. The molecular weight excluding hydrogens is 470 g/mol. The number of likely N-dealkylation sites (tertiary alicyclic amines) is 1. The van der Waals surface area contributed by atoms with Gasteiger partial charge in [0.1, 0.15) is 22.3 Å². The van der Waals surface area contributed by atoms with Crippen molar-refractivity contribution in [2.75, 3.05) is 45.3 Å². The summed E-state index contributed by atoms with van der Waals surface area (Å²) in [6.07, 6.45) is 0.990. The zero-order valence-electron chi connectivity index (χ0n) is 19.2. The number of carbonyl (C=O) groups excluding carboxylic acids is 1. The van der Waals surface area contributed by atoms with Crippen molar-refractivity contribution in [1.82, 2.24) is 9.88 Å². The molecule has 1 aliphatic carbocycles. The number of pyridine rings is 1. The Hall–Kier alpha value is -3.07. The topological polar surface area (TPSA) is 93.2 Å². The number of hydrogen-bond acceptors (Lipinski definition) is 7. The first-order chi connectivity index (χ1) is 17.0. The zero-order valence-corrected chi connectivity index (χ0v) is 20.0. The van der Waals surface area contributed by atoms with E-state index in [0.717, 1.165) is 35.3 Å². The number of carbonyl (C=O) groups is 1. The highest BCUT2D eigenvalue weighted by atomic mass is 35.5. The van der Waals surface area contributed by atoms with E-state index in [1.54, 1.807) is 25.4 Å². The Morgan fingerprint density at radius 2 is 2.09 bits per heavy atom. The number of anilines is 1. The number of ether oxygens (including phenoxy) is 3. The summed E-state index contributed by atoms with van der Waals surface area (Å²) in [5.74, 6) is 3.42. The van der Waals surface area contributed by atoms with Crippen molar-refractivity contribution in [3.63, 3.8) is 0 Å². The Morgan fingerprint density at radius 3 is 2.89 bits per heavy atom. The molecule has 1 amide bonds. The van der Waals surface area contributed by atoms with E-state index in [0.29, 0.717) is 53.1 Å². The van der Waals surface area contributed by atoms with Gasteiger partial charge in [-0.2, -0.15) is 0 Å². The molecule has 0 spiro atoms. The van der Waals surface area contributed by atoms with Crippen LogP contribution in [0.5, 0.6) is 17.2 Å². The second kappa shape index (κ2) is 8.86. The van der Waals surface area contributed by atoms with Crippen LogP contribution < -0.4 is 19.5 Å². The van der Waals surface area contributed by atoms with Gasteiger partial charge >= 0.3 is 0 Å². The van der Waals surface area contributed by atoms with Crippen molar-refractivity contribution in [3.05, 3.63) is 53.2 Å². The molecular formula is C26H26ClN3O5. The van der Waals surface area contributed by atoms with Gasteiger partial charge in [0.25, 0.3) is 5.91 Å². The summed E-state index contributed by atoms with van der Waals surface area (Å²) in [6.45, 7) is 3.04. The van der Waals surface area contributed by atoms with Crippen LogP contribution in [-0.4, -0.2) is 60.9 Å². The molecule has 1 saturated heterocycles. The molecule has 2 aliphatic heterocycles. The summed E-state index contributed by atoms with van der Waals surface area (Å²) in [5.41, 5.74) is 2.19. The number of nitrogens with one attached hydrogen (secondary N) is 1. The molecule has 182 valence electrons. The summed E-state index contributed by atoms with van der Waals surface area (Å²) in [4.78, 5) is 18.3. The minimum Gasteiger partial charge on any atom is -0.497 e. The van der Waals surface area contributed by atoms with E-state index in [1.807, 2.05) is 24.3 Å². The maximum Gasteiger partial charge on any atom is 0.262 e. The highest BCUT2D eigenvalue weighted by Gasteiger charge is 2.55. The number of halogens is 1. The number of amides is 1. The Labute approximate surface area is 207 Å². The van der Waals surface area contributed by atoms with Gasteiger partial charge in [-0.1, -0.05) is 17.7 Å². The number of rotatable bonds is 7. The molecule has 8 nitrogen and oxygen atoms in total. The predicted molar refractivity (Wildman–Crippen MR) is 131 cm³/mol. The first kappa shape index (κ1) is 22.4. The number of aliphatic hydroxyl groups is 1. The lowest BCUT2D eigenvalue weighted by molar-refractivity contribution is -0.118. The third kappa shape index (κ3) is 4.26. The Bertz CT molecular complexity index is 1290. The summed E-state index contributed by atoms with van der Waals surface area (Å²) in [7, 11) is 1.63. The second-order valence-corrected chi connectivity index (χ2v) is 9.85. The fourth-order valence-corrected chi connectivity index (χ4v) is 5.57. The number of methoxy groups -OCH3 is 1. The molecule has 2 aromatic carbocycles. The largest absolute Gasteiger partial charge is 0.497 e. The second-order valence-electron chi connectivity index (χ2n) is 9.45. The van der Waals surface area contributed by atoms with Crippen molar-refractivity contribution in [2.24, 2.45) is 17.8 Å². The number of piperidine rings is 1. The zero-order chi connectivity index (χ0) is 24.1. The van der Waals surface area contributed by atoms with Crippen molar-refractivity contribution >= 4 is 34.1 Å². The molecule has 0 radical (unpaired) electrons. The Morgan fingerprint density at radius 1 is 1.26 bits per heavy atom. The lowest BCUT2D eigenvalue weighted by atomic mass is 10.1. The van der Waals surface area contributed by atoms with Gasteiger partial charge in [-0.05, 0) is 47.7 Å². The van der Waals surface area contributed by atoms with Crippen LogP contribution in [0.1, 0.15) is 11.7 Å². The average molecular weight is 496 g/mol. The third-order valence-corrected chi connectivity index (χ3v) is 7.57. The van der Waals surface area contributed by atoms with Gasteiger partial charge in [-0.3, -0.25) is 14.7 Å². The first-order valence-corrected chi connectivity index (χ1v) is 12.1. The molecule has 3 aromatic rings. The van der Waals surface area contributed by atoms with Gasteiger partial charge in [-0.15, -0.1) is 0 Å². The van der Waals surface area contributed by atoms with Gasteiger partial charge < -0.3 is 24.6 Å². The predicted octanol–water partition coefficient (Wildman–Crippen LogP) is 3.52. The Kier molecular flexibility index (Phi) is 5.67. The van der Waals surface area contributed by atoms with Crippen LogP contribution in [-0.2, 0) is 4.79 Å². The van der Waals surface area contributed by atoms with E-state index >= 15 is 0 Å². The monoisotopic (exact) mass is 495 g/mol. The van der Waals surface area contributed by atoms with Crippen LogP contribution >= 0.6 is 11.6 Å². The highest BCUT2D eigenvalue weighted by molar-refractivity contribution is 6.33. The molecule has 35 heavy (non-hydrogen) atoms. The van der Waals surface area contributed by atoms with Gasteiger partial charge in [-0.25, -0.2) is 0 Å². The molecule has 1 unspecified atom stereocenters. The summed E-state index contributed by atoms with van der Waals surface area (Å²) in [5, 5.41) is 14.9. The molecule has 9 heteroatoms. The number of benzene rings is 2. The van der Waals surface area contributed by atoms with Gasteiger partial charge in [0, 0.05) is 37.1 Å². The summed E-state index contributed by atoms with van der Waals surface area (Å²) < 4.78 is 17.0. The van der Waals surface area contributed by atoms with Crippen LogP contribution in [0, 0.1) is 17.8 Å². The van der Waals surface area contributed by atoms with E-state index in [-0.39, 0.29) is 12.5 Å². The molecule has 3 aliphatic rings. The van der Waals surface area contributed by atoms with Crippen molar-refractivity contribution < 1.29 is 24.1 Å². The number of hydrogen-bond donors (Lipinski definition) is 2. The third-order valence-electron chi connectivity index (χ3n) is 7.30. The molecule has 2 N–H and O–H groups in total. The SMILES string of the molecule is COc1ccc2ncc(Cl)c(OCC3[C@H]4CN(CC(O)c5ccc6c(c5)NC(=O)CO6)C[C@H]34)c2c1.